The molecule has 1 aliphatic carbocycles. The number of hydrogen-bond acceptors (Lipinski definition) is 0. The molecule has 1 aliphatic rings. The van der Waals surface area contributed by atoms with Crippen molar-refractivity contribution < 1.29 is 0 Å². The summed E-state index contributed by atoms with van der Waals surface area (Å²) >= 11 is 0. The molecule has 1 fully saturated rings. The molecule has 0 heterocycles. The zero-order valence-corrected chi connectivity index (χ0v) is 5.56. The van der Waals surface area contributed by atoms with Gasteiger partial charge in [0.05, 0.1) is 0 Å². The summed E-state index contributed by atoms with van der Waals surface area (Å²) in [5, 5.41) is 0. The van der Waals surface area contributed by atoms with Gasteiger partial charge >= 0.3 is 0 Å². The van der Waals surface area contributed by atoms with Gasteiger partial charge in [-0.05, 0) is 31.1 Å². The molecule has 0 aliphatic heterocycles. The number of rotatable bonds is 3. The molecule has 8 heavy (non-hydrogen) atoms. The molecule has 1 saturated carbocycles. The largest absolute Gasteiger partial charge is 0.103 e. The van der Waals surface area contributed by atoms with Crippen molar-refractivity contribution in [2.24, 2.45) is 11.8 Å². The Labute approximate surface area is 51.6 Å². The number of allylic oxidation sites excluding steroid dienone is 1. The molecule has 46 valence electrons. The molecular weight excluding hydrogens is 96.1 g/mol. The van der Waals surface area contributed by atoms with Crippen LogP contribution in [-0.2, 0) is 0 Å². The fourth-order valence-electron chi connectivity index (χ4n) is 1.13. The fraction of sp³-hybridized carbons (Fsp3) is 0.750. The van der Waals surface area contributed by atoms with Crippen LogP contribution in [0.5, 0.6) is 0 Å². The zero-order valence-electron chi connectivity index (χ0n) is 5.56. The molecule has 0 aromatic carbocycles. The SMILES string of the molecule is C=CCCC1CC1C. The van der Waals surface area contributed by atoms with E-state index in [0.717, 1.165) is 11.8 Å². The minimum absolute atomic E-state index is 1.02. The predicted molar refractivity (Wildman–Crippen MR) is 36.7 cm³/mol. The number of hydrogen-bond donors (Lipinski definition) is 0. The molecule has 0 bridgehead atoms. The van der Waals surface area contributed by atoms with Gasteiger partial charge in [0, 0.05) is 0 Å². The maximum absolute atomic E-state index is 3.69. The highest BCUT2D eigenvalue weighted by Crippen LogP contribution is 2.41. The molecular formula is C8H14. The van der Waals surface area contributed by atoms with Crippen LogP contribution >= 0.6 is 0 Å². The van der Waals surface area contributed by atoms with Crippen LogP contribution in [0.25, 0.3) is 0 Å². The molecule has 0 amide bonds. The van der Waals surface area contributed by atoms with Crippen LogP contribution in [0.1, 0.15) is 26.2 Å². The standard InChI is InChI=1S/C8H14/c1-3-4-5-8-6-7(8)2/h3,7-8H,1,4-6H2,2H3. The Bertz CT molecular complexity index is 84.0. The minimum Gasteiger partial charge on any atom is -0.103 e. The molecule has 0 radical (unpaired) electrons. The molecule has 2 unspecified atom stereocenters. The van der Waals surface area contributed by atoms with Crippen molar-refractivity contribution in [3.8, 4) is 0 Å². The smallest absolute Gasteiger partial charge is 0.0351 e. The quantitative estimate of drug-likeness (QED) is 0.490. The minimum atomic E-state index is 1.02. The van der Waals surface area contributed by atoms with E-state index in [9.17, 15) is 0 Å². The van der Waals surface area contributed by atoms with Gasteiger partial charge in [-0.3, -0.25) is 0 Å². The van der Waals surface area contributed by atoms with Crippen LogP contribution in [0.2, 0.25) is 0 Å². The normalized spacial score (nSPS) is 34.6. The summed E-state index contributed by atoms with van der Waals surface area (Å²) in [5.74, 6) is 2.07. The lowest BCUT2D eigenvalue weighted by atomic mass is 10.2. The van der Waals surface area contributed by atoms with Crippen molar-refractivity contribution in [3.63, 3.8) is 0 Å². The zero-order chi connectivity index (χ0) is 5.98. The van der Waals surface area contributed by atoms with E-state index in [-0.39, 0.29) is 0 Å². The van der Waals surface area contributed by atoms with Gasteiger partial charge in [0.25, 0.3) is 0 Å². The van der Waals surface area contributed by atoms with Crippen molar-refractivity contribution in [1.29, 1.82) is 0 Å². The van der Waals surface area contributed by atoms with E-state index < -0.39 is 0 Å². The van der Waals surface area contributed by atoms with Crippen LogP contribution in [0.3, 0.4) is 0 Å². The van der Waals surface area contributed by atoms with Crippen molar-refractivity contribution in [2.75, 3.05) is 0 Å². The van der Waals surface area contributed by atoms with E-state index in [1.807, 2.05) is 6.08 Å². The summed E-state index contributed by atoms with van der Waals surface area (Å²) in [6, 6.07) is 0. The Hall–Kier alpha value is -0.260. The lowest BCUT2D eigenvalue weighted by molar-refractivity contribution is 0.684. The maximum atomic E-state index is 3.69. The Morgan fingerprint density at radius 1 is 1.75 bits per heavy atom. The maximum Gasteiger partial charge on any atom is -0.0351 e. The highest BCUT2D eigenvalue weighted by atomic mass is 14.4. The first kappa shape index (κ1) is 5.87. The van der Waals surface area contributed by atoms with E-state index in [0.29, 0.717) is 0 Å². The first-order chi connectivity index (χ1) is 3.84. The van der Waals surface area contributed by atoms with Gasteiger partial charge in [0.1, 0.15) is 0 Å². The second-order valence-electron chi connectivity index (χ2n) is 2.84. The third-order valence-corrected chi connectivity index (χ3v) is 2.02. The highest BCUT2D eigenvalue weighted by Gasteiger charge is 2.30. The lowest BCUT2D eigenvalue weighted by Crippen LogP contribution is -1.75. The summed E-state index contributed by atoms with van der Waals surface area (Å²) in [7, 11) is 0. The fourth-order valence-corrected chi connectivity index (χ4v) is 1.13. The van der Waals surface area contributed by atoms with Crippen molar-refractivity contribution in [2.45, 2.75) is 26.2 Å². The molecule has 2 atom stereocenters. The van der Waals surface area contributed by atoms with E-state index in [4.69, 9.17) is 0 Å². The van der Waals surface area contributed by atoms with E-state index in [1.54, 1.807) is 0 Å². The third kappa shape index (κ3) is 1.36. The van der Waals surface area contributed by atoms with Crippen LogP contribution in [0.15, 0.2) is 12.7 Å². The first-order valence-electron chi connectivity index (χ1n) is 3.45. The summed E-state index contributed by atoms with van der Waals surface area (Å²) < 4.78 is 0. The van der Waals surface area contributed by atoms with Crippen molar-refractivity contribution in [3.05, 3.63) is 12.7 Å². The molecule has 0 heteroatoms. The van der Waals surface area contributed by atoms with Crippen LogP contribution in [0.4, 0.5) is 0 Å². The summed E-state index contributed by atoms with van der Waals surface area (Å²) in [4.78, 5) is 0. The topological polar surface area (TPSA) is 0 Å². The molecule has 0 aromatic rings. The van der Waals surface area contributed by atoms with Gasteiger partial charge in [-0.15, -0.1) is 6.58 Å². The Morgan fingerprint density at radius 3 is 2.75 bits per heavy atom. The average Bonchev–Trinajstić information content (AvgIpc) is 2.42. The molecule has 0 saturated heterocycles. The summed E-state index contributed by atoms with van der Waals surface area (Å²) in [5.41, 5.74) is 0. The van der Waals surface area contributed by atoms with Gasteiger partial charge in [0.2, 0.25) is 0 Å². The second-order valence-corrected chi connectivity index (χ2v) is 2.84. The summed E-state index contributed by atoms with van der Waals surface area (Å²) in [6.07, 6.45) is 6.08. The van der Waals surface area contributed by atoms with Crippen molar-refractivity contribution in [1.82, 2.24) is 0 Å². The van der Waals surface area contributed by atoms with Crippen LogP contribution in [0, 0.1) is 11.8 Å². The molecule has 0 spiro atoms. The monoisotopic (exact) mass is 110 g/mol. The molecule has 1 rings (SSSR count). The highest BCUT2D eigenvalue weighted by molar-refractivity contribution is 4.84. The van der Waals surface area contributed by atoms with Gasteiger partial charge in [-0.2, -0.15) is 0 Å². The molecule has 0 N–H and O–H groups in total. The van der Waals surface area contributed by atoms with E-state index in [2.05, 4.69) is 13.5 Å². The van der Waals surface area contributed by atoms with E-state index >= 15 is 0 Å². The lowest BCUT2D eigenvalue weighted by Gasteiger charge is -1.88. The molecule has 0 aromatic heterocycles. The van der Waals surface area contributed by atoms with E-state index in [1.165, 1.54) is 19.3 Å². The molecule has 0 nitrogen and oxygen atoms in total. The van der Waals surface area contributed by atoms with Crippen molar-refractivity contribution >= 4 is 0 Å². The predicted octanol–water partition coefficient (Wildman–Crippen LogP) is 2.61. The summed E-state index contributed by atoms with van der Waals surface area (Å²) in [6.45, 7) is 6.01. The van der Waals surface area contributed by atoms with Gasteiger partial charge in [-0.25, -0.2) is 0 Å². The van der Waals surface area contributed by atoms with Crippen LogP contribution in [-0.4, -0.2) is 0 Å². The Morgan fingerprint density at radius 2 is 2.38 bits per heavy atom. The Balaban J connectivity index is 1.97. The first-order valence-corrected chi connectivity index (χ1v) is 3.45. The third-order valence-electron chi connectivity index (χ3n) is 2.02. The Kier molecular flexibility index (Phi) is 1.72. The van der Waals surface area contributed by atoms with Gasteiger partial charge in [-0.1, -0.05) is 13.0 Å². The average molecular weight is 110 g/mol. The van der Waals surface area contributed by atoms with Gasteiger partial charge < -0.3 is 0 Å². The van der Waals surface area contributed by atoms with Crippen LogP contribution < -0.4 is 0 Å². The second kappa shape index (κ2) is 2.34. The van der Waals surface area contributed by atoms with Gasteiger partial charge in [0.15, 0.2) is 0 Å².